The second kappa shape index (κ2) is 7.26. The van der Waals surface area contributed by atoms with Crippen LogP contribution in [0.5, 0.6) is 0 Å². The van der Waals surface area contributed by atoms with Crippen LogP contribution in [0.2, 0.25) is 0 Å². The standard InChI is InChI=1S/C15H17N7OS/c1-3-21-15(17-19-20-21)24-10-14(23)16-13-9-11(2)18-22(13)12-7-5-4-6-8-12/h4-9H,3,10H2,1-2H3,(H,16,23). The molecule has 2 aromatic heterocycles. The fraction of sp³-hybridized carbons (Fsp3) is 0.267. The third-order valence-corrected chi connectivity index (χ3v) is 4.19. The van der Waals surface area contributed by atoms with E-state index in [0.29, 0.717) is 17.5 Å². The summed E-state index contributed by atoms with van der Waals surface area (Å²) in [5, 5.41) is 19.3. The second-order valence-corrected chi connectivity index (χ2v) is 5.97. The number of carbonyl (C=O) groups is 1. The van der Waals surface area contributed by atoms with Crippen LogP contribution < -0.4 is 5.32 Å². The van der Waals surface area contributed by atoms with Crippen LogP contribution in [0.25, 0.3) is 5.69 Å². The first-order valence-corrected chi connectivity index (χ1v) is 8.47. The number of rotatable bonds is 6. The first-order valence-electron chi connectivity index (χ1n) is 7.48. The van der Waals surface area contributed by atoms with Gasteiger partial charge in [-0.25, -0.2) is 9.36 Å². The van der Waals surface area contributed by atoms with Crippen molar-refractivity contribution in [2.75, 3.05) is 11.1 Å². The minimum absolute atomic E-state index is 0.136. The van der Waals surface area contributed by atoms with Gasteiger partial charge in [0.15, 0.2) is 0 Å². The van der Waals surface area contributed by atoms with Crippen LogP contribution in [0.15, 0.2) is 41.6 Å². The summed E-state index contributed by atoms with van der Waals surface area (Å²) >= 11 is 1.30. The van der Waals surface area contributed by atoms with Crippen LogP contribution in [-0.4, -0.2) is 41.6 Å². The lowest BCUT2D eigenvalue weighted by Gasteiger charge is -2.08. The minimum Gasteiger partial charge on any atom is -0.310 e. The summed E-state index contributed by atoms with van der Waals surface area (Å²) in [5.74, 6) is 0.724. The number of anilines is 1. The summed E-state index contributed by atoms with van der Waals surface area (Å²) in [7, 11) is 0. The SMILES string of the molecule is CCn1nnnc1SCC(=O)Nc1cc(C)nn1-c1ccccc1. The number of nitrogens with zero attached hydrogens (tertiary/aromatic N) is 6. The van der Waals surface area contributed by atoms with E-state index in [-0.39, 0.29) is 11.7 Å². The van der Waals surface area contributed by atoms with Crippen molar-refractivity contribution in [2.24, 2.45) is 0 Å². The van der Waals surface area contributed by atoms with E-state index in [9.17, 15) is 4.79 Å². The van der Waals surface area contributed by atoms with Gasteiger partial charge < -0.3 is 5.32 Å². The van der Waals surface area contributed by atoms with Crippen molar-refractivity contribution in [2.45, 2.75) is 25.5 Å². The highest BCUT2D eigenvalue weighted by Gasteiger charge is 2.13. The Balaban J connectivity index is 1.69. The molecule has 0 atom stereocenters. The molecule has 0 aliphatic rings. The van der Waals surface area contributed by atoms with Crippen molar-refractivity contribution in [3.63, 3.8) is 0 Å². The van der Waals surface area contributed by atoms with Gasteiger partial charge in [0, 0.05) is 12.6 Å². The van der Waals surface area contributed by atoms with E-state index < -0.39 is 0 Å². The Hall–Kier alpha value is -2.68. The summed E-state index contributed by atoms with van der Waals surface area (Å²) in [6.07, 6.45) is 0. The van der Waals surface area contributed by atoms with Crippen LogP contribution in [0.3, 0.4) is 0 Å². The number of tetrazole rings is 1. The van der Waals surface area contributed by atoms with Gasteiger partial charge in [-0.3, -0.25) is 4.79 Å². The zero-order valence-corrected chi connectivity index (χ0v) is 14.2. The fourth-order valence-corrected chi connectivity index (χ4v) is 2.90. The second-order valence-electron chi connectivity index (χ2n) is 5.03. The molecule has 0 saturated heterocycles. The first kappa shape index (κ1) is 16.2. The van der Waals surface area contributed by atoms with Crippen molar-refractivity contribution < 1.29 is 4.79 Å². The van der Waals surface area contributed by atoms with Gasteiger partial charge >= 0.3 is 0 Å². The molecule has 3 rings (SSSR count). The van der Waals surface area contributed by atoms with Gasteiger partial charge in [0.25, 0.3) is 0 Å². The summed E-state index contributed by atoms with van der Waals surface area (Å²) in [6.45, 7) is 4.50. The number of hydrogen-bond acceptors (Lipinski definition) is 6. The normalized spacial score (nSPS) is 10.8. The topological polar surface area (TPSA) is 90.5 Å². The van der Waals surface area contributed by atoms with E-state index in [4.69, 9.17) is 0 Å². The highest BCUT2D eigenvalue weighted by atomic mass is 32.2. The van der Waals surface area contributed by atoms with Crippen LogP contribution in [0, 0.1) is 6.92 Å². The summed E-state index contributed by atoms with van der Waals surface area (Å²) < 4.78 is 3.37. The number of benzene rings is 1. The third-order valence-electron chi connectivity index (χ3n) is 3.23. The van der Waals surface area contributed by atoms with E-state index in [0.717, 1.165) is 11.4 Å². The molecule has 9 heteroatoms. The number of hydrogen-bond donors (Lipinski definition) is 1. The van der Waals surface area contributed by atoms with E-state index >= 15 is 0 Å². The molecule has 0 fully saturated rings. The number of carbonyl (C=O) groups excluding carboxylic acids is 1. The van der Waals surface area contributed by atoms with Crippen molar-refractivity contribution in [3.05, 3.63) is 42.1 Å². The smallest absolute Gasteiger partial charge is 0.236 e. The van der Waals surface area contributed by atoms with Crippen molar-refractivity contribution in [1.29, 1.82) is 0 Å². The van der Waals surface area contributed by atoms with Crippen molar-refractivity contribution in [1.82, 2.24) is 30.0 Å². The lowest BCUT2D eigenvalue weighted by molar-refractivity contribution is -0.113. The lowest BCUT2D eigenvalue weighted by atomic mass is 10.3. The monoisotopic (exact) mass is 343 g/mol. The van der Waals surface area contributed by atoms with Crippen LogP contribution in [0.4, 0.5) is 5.82 Å². The largest absolute Gasteiger partial charge is 0.310 e. The fourth-order valence-electron chi connectivity index (χ4n) is 2.16. The molecule has 124 valence electrons. The Labute approximate surface area is 143 Å². The molecule has 0 radical (unpaired) electrons. The lowest BCUT2D eigenvalue weighted by Crippen LogP contribution is -2.17. The highest BCUT2D eigenvalue weighted by molar-refractivity contribution is 7.99. The van der Waals surface area contributed by atoms with Crippen molar-refractivity contribution >= 4 is 23.5 Å². The predicted octanol–water partition coefficient (Wildman–Crippen LogP) is 1.92. The molecule has 0 spiro atoms. The molecule has 2 heterocycles. The molecule has 0 aliphatic heterocycles. The van der Waals surface area contributed by atoms with Crippen molar-refractivity contribution in [3.8, 4) is 5.69 Å². The number of aryl methyl sites for hydroxylation is 2. The van der Waals surface area contributed by atoms with Gasteiger partial charge in [-0.1, -0.05) is 30.0 Å². The maximum Gasteiger partial charge on any atom is 0.236 e. The van der Waals surface area contributed by atoms with Gasteiger partial charge in [-0.2, -0.15) is 5.10 Å². The molecule has 1 aromatic carbocycles. The number of thioether (sulfide) groups is 1. The Morgan fingerprint density at radius 2 is 2.08 bits per heavy atom. The van der Waals surface area contributed by atoms with E-state index in [1.54, 1.807) is 9.36 Å². The number of aromatic nitrogens is 6. The average molecular weight is 343 g/mol. The van der Waals surface area contributed by atoms with Gasteiger partial charge in [0.2, 0.25) is 11.1 Å². The van der Waals surface area contributed by atoms with Crippen LogP contribution in [0.1, 0.15) is 12.6 Å². The average Bonchev–Trinajstić information content (AvgIpc) is 3.19. The number of amides is 1. The molecular formula is C15H17N7OS. The highest BCUT2D eigenvalue weighted by Crippen LogP contribution is 2.18. The number of nitrogens with one attached hydrogen (secondary N) is 1. The molecular weight excluding hydrogens is 326 g/mol. The minimum atomic E-state index is -0.136. The van der Waals surface area contributed by atoms with Gasteiger partial charge in [0.1, 0.15) is 5.82 Å². The quantitative estimate of drug-likeness (QED) is 0.688. The molecule has 0 aliphatic carbocycles. The van der Waals surface area contributed by atoms with Crippen LogP contribution in [-0.2, 0) is 11.3 Å². The van der Waals surface area contributed by atoms with E-state index in [1.807, 2.05) is 50.2 Å². The molecule has 1 amide bonds. The van der Waals surface area contributed by atoms with Gasteiger partial charge in [-0.15, -0.1) is 5.10 Å². The first-order chi connectivity index (χ1) is 11.7. The Morgan fingerprint density at radius 3 is 2.83 bits per heavy atom. The molecule has 24 heavy (non-hydrogen) atoms. The predicted molar refractivity (Wildman–Crippen MR) is 91.1 cm³/mol. The molecule has 3 aromatic rings. The molecule has 8 nitrogen and oxygen atoms in total. The molecule has 0 bridgehead atoms. The van der Waals surface area contributed by atoms with E-state index in [2.05, 4.69) is 25.9 Å². The van der Waals surface area contributed by atoms with Crippen LogP contribution >= 0.6 is 11.8 Å². The van der Waals surface area contributed by atoms with E-state index in [1.165, 1.54) is 11.8 Å². The van der Waals surface area contributed by atoms with Gasteiger partial charge in [0.05, 0.1) is 17.1 Å². The zero-order valence-electron chi connectivity index (χ0n) is 13.4. The Morgan fingerprint density at radius 1 is 1.29 bits per heavy atom. The Kier molecular flexibility index (Phi) is 4.90. The molecule has 0 unspecified atom stereocenters. The number of para-hydroxylation sites is 1. The maximum absolute atomic E-state index is 12.2. The molecule has 1 N–H and O–H groups in total. The zero-order chi connectivity index (χ0) is 16.9. The summed E-state index contributed by atoms with van der Waals surface area (Å²) in [6, 6.07) is 11.5. The molecule has 0 saturated carbocycles. The van der Waals surface area contributed by atoms with Gasteiger partial charge in [-0.05, 0) is 36.4 Å². The summed E-state index contributed by atoms with van der Waals surface area (Å²) in [5.41, 5.74) is 1.72. The Bertz CT molecular complexity index is 827. The summed E-state index contributed by atoms with van der Waals surface area (Å²) in [4.78, 5) is 12.2. The third kappa shape index (κ3) is 3.62. The maximum atomic E-state index is 12.2.